The van der Waals surface area contributed by atoms with E-state index in [9.17, 15) is 0 Å². The fourth-order valence-electron chi connectivity index (χ4n) is 2.00. The number of halogens is 3. The van der Waals surface area contributed by atoms with E-state index in [0.29, 0.717) is 17.9 Å². The van der Waals surface area contributed by atoms with E-state index >= 15 is 0 Å². The van der Waals surface area contributed by atoms with E-state index in [0.717, 1.165) is 19.3 Å². The first-order valence-corrected chi connectivity index (χ1v) is 7.97. The van der Waals surface area contributed by atoms with Crippen LogP contribution in [0.2, 0.25) is 0 Å². The summed E-state index contributed by atoms with van der Waals surface area (Å²) < 4.78 is 11.7. The predicted octanol–water partition coefficient (Wildman–Crippen LogP) is 3.61. The quantitative estimate of drug-likeness (QED) is 0.517. The molecule has 0 aromatic rings. The van der Waals surface area contributed by atoms with Crippen LogP contribution in [0.15, 0.2) is 0 Å². The zero-order chi connectivity index (χ0) is 12.0. The minimum Gasteiger partial charge on any atom is -0.381 e. The number of alkyl halides is 3. The Morgan fingerprint density at radius 2 is 1.94 bits per heavy atom. The van der Waals surface area contributed by atoms with Gasteiger partial charge < -0.3 is 9.47 Å². The molecule has 0 bridgehead atoms. The van der Waals surface area contributed by atoms with E-state index in [1.54, 1.807) is 7.11 Å². The second kappa shape index (κ2) is 8.35. The Balaban J connectivity index is 2.38. The van der Waals surface area contributed by atoms with Gasteiger partial charge in [0.2, 0.25) is 0 Å². The molecule has 0 spiro atoms. The molecule has 5 heteroatoms. The van der Waals surface area contributed by atoms with Gasteiger partial charge in [0, 0.05) is 18.9 Å². The molecule has 1 aliphatic carbocycles. The number of methoxy groups -OCH3 is 1. The molecule has 0 N–H and O–H groups in total. The molecule has 1 aliphatic rings. The maximum Gasteiger partial charge on any atom is 0.0843 e. The van der Waals surface area contributed by atoms with Gasteiger partial charge in [0.15, 0.2) is 0 Å². The van der Waals surface area contributed by atoms with Crippen molar-refractivity contribution in [3.63, 3.8) is 0 Å². The molecule has 0 amide bonds. The first-order valence-electron chi connectivity index (χ1n) is 5.65. The molecule has 2 nitrogen and oxygen atoms in total. The molecule has 0 aliphatic heterocycles. The molecule has 0 saturated heterocycles. The maximum absolute atomic E-state index is 6.02. The molecule has 0 aromatic heterocycles. The Labute approximate surface area is 121 Å². The lowest BCUT2D eigenvalue weighted by Crippen LogP contribution is -2.36. The molecule has 0 heterocycles. The van der Waals surface area contributed by atoms with Crippen molar-refractivity contribution < 1.29 is 9.47 Å². The van der Waals surface area contributed by atoms with Crippen LogP contribution in [0, 0.1) is 0 Å². The molecule has 96 valence electrons. The molecule has 4 atom stereocenters. The summed E-state index contributed by atoms with van der Waals surface area (Å²) in [6.07, 6.45) is 5.09. The van der Waals surface area contributed by atoms with Crippen LogP contribution < -0.4 is 0 Å². The van der Waals surface area contributed by atoms with Crippen LogP contribution in [0.1, 0.15) is 25.7 Å². The van der Waals surface area contributed by atoms with Crippen LogP contribution in [0.5, 0.6) is 0 Å². The average Bonchev–Trinajstić information content (AvgIpc) is 2.35. The Bertz CT molecular complexity index is 195. The highest BCUT2D eigenvalue weighted by Crippen LogP contribution is 2.26. The fourth-order valence-corrected chi connectivity index (χ4v) is 3.22. The first-order chi connectivity index (χ1) is 7.71. The molecular weight excluding hydrogens is 362 g/mol. The standard InChI is InChI=1S/C11H19Cl2IO2/c1-15-8-3-2-4-9(5-8)16-11(7-13)10(14)6-12/h8-11H,2-7H2,1H3. The van der Waals surface area contributed by atoms with Crippen LogP contribution in [0.3, 0.4) is 0 Å². The van der Waals surface area contributed by atoms with Crippen LogP contribution in [-0.4, -0.2) is 41.1 Å². The normalized spacial score (nSPS) is 30.0. The summed E-state index contributed by atoms with van der Waals surface area (Å²) in [4.78, 5) is 0. The van der Waals surface area contributed by atoms with Gasteiger partial charge in [-0.3, -0.25) is 0 Å². The summed E-state index contributed by atoms with van der Waals surface area (Å²) in [5, 5.41) is 0. The van der Waals surface area contributed by atoms with Crippen molar-refractivity contribution >= 4 is 45.8 Å². The van der Waals surface area contributed by atoms with Gasteiger partial charge in [-0.2, -0.15) is 0 Å². The maximum atomic E-state index is 6.02. The molecule has 16 heavy (non-hydrogen) atoms. The summed E-state index contributed by atoms with van der Waals surface area (Å²) in [5.74, 6) is 1.09. The van der Waals surface area contributed by atoms with Crippen molar-refractivity contribution in [1.82, 2.24) is 0 Å². The summed E-state index contributed by atoms with van der Waals surface area (Å²) in [5.41, 5.74) is 0. The van der Waals surface area contributed by atoms with Gasteiger partial charge in [-0.05, 0) is 25.7 Å². The van der Waals surface area contributed by atoms with Crippen molar-refractivity contribution in [2.24, 2.45) is 0 Å². The second-order valence-corrected chi connectivity index (χ2v) is 6.36. The average molecular weight is 381 g/mol. The van der Waals surface area contributed by atoms with Gasteiger partial charge in [-0.1, -0.05) is 22.6 Å². The number of hydrogen-bond donors (Lipinski definition) is 0. The first kappa shape index (κ1) is 15.3. The lowest BCUT2D eigenvalue weighted by atomic mass is 9.95. The highest BCUT2D eigenvalue weighted by Gasteiger charge is 2.27. The molecule has 0 radical (unpaired) electrons. The van der Waals surface area contributed by atoms with Crippen LogP contribution in [-0.2, 0) is 9.47 Å². The minimum absolute atomic E-state index is 0.0559. The van der Waals surface area contributed by atoms with Crippen molar-refractivity contribution in [3.8, 4) is 0 Å². The van der Waals surface area contributed by atoms with E-state index in [2.05, 4.69) is 22.6 Å². The Morgan fingerprint density at radius 1 is 1.25 bits per heavy atom. The third-order valence-corrected chi connectivity index (χ3v) is 5.38. The van der Waals surface area contributed by atoms with Crippen molar-refractivity contribution in [2.45, 2.75) is 47.9 Å². The van der Waals surface area contributed by atoms with Crippen LogP contribution in [0.25, 0.3) is 0 Å². The minimum atomic E-state index is 0.0559. The van der Waals surface area contributed by atoms with Crippen molar-refractivity contribution in [2.75, 3.05) is 18.9 Å². The third-order valence-electron chi connectivity index (χ3n) is 2.98. The highest BCUT2D eigenvalue weighted by atomic mass is 127. The molecule has 1 rings (SSSR count). The smallest absolute Gasteiger partial charge is 0.0843 e. The van der Waals surface area contributed by atoms with E-state index < -0.39 is 0 Å². The van der Waals surface area contributed by atoms with Gasteiger partial charge in [0.05, 0.1) is 22.2 Å². The third kappa shape index (κ3) is 4.84. The van der Waals surface area contributed by atoms with Crippen molar-refractivity contribution in [3.05, 3.63) is 0 Å². The second-order valence-electron chi connectivity index (χ2n) is 4.15. The number of hydrogen-bond acceptors (Lipinski definition) is 2. The van der Waals surface area contributed by atoms with E-state index in [4.69, 9.17) is 32.7 Å². The molecule has 1 fully saturated rings. The highest BCUT2D eigenvalue weighted by molar-refractivity contribution is 14.1. The zero-order valence-electron chi connectivity index (χ0n) is 9.50. The lowest BCUT2D eigenvalue weighted by Gasteiger charge is -2.32. The van der Waals surface area contributed by atoms with Gasteiger partial charge in [-0.25, -0.2) is 0 Å². The monoisotopic (exact) mass is 380 g/mol. The fraction of sp³-hybridized carbons (Fsp3) is 1.00. The SMILES string of the molecule is COC1CCCC(OC(CCl)C(I)CCl)C1. The van der Waals surface area contributed by atoms with E-state index in [-0.39, 0.29) is 16.1 Å². The van der Waals surface area contributed by atoms with Gasteiger partial charge in [0.1, 0.15) is 0 Å². The largest absolute Gasteiger partial charge is 0.381 e. The van der Waals surface area contributed by atoms with E-state index in [1.807, 2.05) is 0 Å². The zero-order valence-corrected chi connectivity index (χ0v) is 13.2. The summed E-state index contributed by atoms with van der Waals surface area (Å²) in [6, 6.07) is 0. The lowest BCUT2D eigenvalue weighted by molar-refractivity contribution is -0.0554. The Morgan fingerprint density at radius 3 is 2.50 bits per heavy atom. The topological polar surface area (TPSA) is 18.5 Å². The summed E-state index contributed by atoms with van der Waals surface area (Å²) in [7, 11) is 1.77. The summed E-state index contributed by atoms with van der Waals surface area (Å²) in [6.45, 7) is 0. The van der Waals surface area contributed by atoms with E-state index in [1.165, 1.54) is 6.42 Å². The van der Waals surface area contributed by atoms with Gasteiger partial charge in [0.25, 0.3) is 0 Å². The Kier molecular flexibility index (Phi) is 7.98. The predicted molar refractivity (Wildman–Crippen MR) is 77.2 cm³/mol. The van der Waals surface area contributed by atoms with Gasteiger partial charge in [-0.15, -0.1) is 23.2 Å². The van der Waals surface area contributed by atoms with Crippen LogP contribution in [0.4, 0.5) is 0 Å². The van der Waals surface area contributed by atoms with Crippen molar-refractivity contribution in [1.29, 1.82) is 0 Å². The molecule has 1 saturated carbocycles. The molecular formula is C11H19Cl2IO2. The molecule has 0 aromatic carbocycles. The number of ether oxygens (including phenoxy) is 2. The Hall–Kier alpha value is 1.23. The molecule has 4 unspecified atom stereocenters. The summed E-state index contributed by atoms with van der Waals surface area (Å²) >= 11 is 14.0. The number of rotatable bonds is 6. The van der Waals surface area contributed by atoms with Crippen LogP contribution >= 0.6 is 45.8 Å². The van der Waals surface area contributed by atoms with Gasteiger partial charge >= 0.3 is 0 Å².